The van der Waals surface area contributed by atoms with E-state index in [2.05, 4.69) is 19.2 Å². The molecule has 0 aliphatic rings. The number of ether oxygens (including phenoxy) is 1. The normalized spacial score (nSPS) is 10.9. The standard InChI is InChI=1S/C26H25NO3/c1-3-18-11-10-12-19(4-2)24(18)27-26(28)25-22(17-29-20-13-6-5-7-14-20)21-15-8-9-16-23(21)30-25/h5-16H,3-4,17H2,1-2H3,(H,27,28). The van der Waals surface area contributed by atoms with E-state index in [0.717, 1.165) is 46.4 Å². The van der Waals surface area contributed by atoms with Crippen molar-refractivity contribution < 1.29 is 13.9 Å². The van der Waals surface area contributed by atoms with E-state index >= 15 is 0 Å². The van der Waals surface area contributed by atoms with E-state index in [0.29, 0.717) is 11.3 Å². The fourth-order valence-corrected chi connectivity index (χ4v) is 3.67. The highest BCUT2D eigenvalue weighted by Crippen LogP contribution is 2.29. The molecule has 0 bridgehead atoms. The van der Waals surface area contributed by atoms with E-state index < -0.39 is 0 Å². The summed E-state index contributed by atoms with van der Waals surface area (Å²) in [6.45, 7) is 4.43. The molecule has 0 saturated carbocycles. The minimum atomic E-state index is -0.256. The van der Waals surface area contributed by atoms with Crippen LogP contribution in [0, 0.1) is 0 Å². The van der Waals surface area contributed by atoms with Crippen LogP contribution in [0.15, 0.2) is 77.2 Å². The molecular weight excluding hydrogens is 374 g/mol. The molecule has 0 unspecified atom stereocenters. The van der Waals surface area contributed by atoms with Gasteiger partial charge in [0.25, 0.3) is 5.91 Å². The molecule has 4 heteroatoms. The molecule has 30 heavy (non-hydrogen) atoms. The van der Waals surface area contributed by atoms with E-state index in [4.69, 9.17) is 9.15 Å². The highest BCUT2D eigenvalue weighted by Gasteiger charge is 2.22. The van der Waals surface area contributed by atoms with Crippen molar-refractivity contribution in [1.29, 1.82) is 0 Å². The Morgan fingerprint density at radius 2 is 1.53 bits per heavy atom. The van der Waals surface area contributed by atoms with Crippen LogP contribution in [0.3, 0.4) is 0 Å². The minimum absolute atomic E-state index is 0.250. The average molecular weight is 399 g/mol. The Balaban J connectivity index is 1.69. The lowest BCUT2D eigenvalue weighted by molar-refractivity contribution is 0.0995. The van der Waals surface area contributed by atoms with E-state index in [-0.39, 0.29) is 12.5 Å². The molecule has 152 valence electrons. The highest BCUT2D eigenvalue weighted by molar-refractivity contribution is 6.07. The number of furan rings is 1. The van der Waals surface area contributed by atoms with Crippen LogP contribution in [0.2, 0.25) is 0 Å². The number of aryl methyl sites for hydroxylation is 2. The number of para-hydroxylation sites is 3. The van der Waals surface area contributed by atoms with Gasteiger partial charge in [-0.2, -0.15) is 0 Å². The second kappa shape index (κ2) is 8.87. The SMILES string of the molecule is CCc1cccc(CC)c1NC(=O)c1oc2ccccc2c1COc1ccccc1. The van der Waals surface area contributed by atoms with Gasteiger partial charge < -0.3 is 14.5 Å². The molecule has 1 amide bonds. The van der Waals surface area contributed by atoms with Gasteiger partial charge in [0.1, 0.15) is 17.9 Å². The molecule has 0 radical (unpaired) electrons. The number of fused-ring (bicyclic) bond motifs is 1. The van der Waals surface area contributed by atoms with Gasteiger partial charge in [-0.05, 0) is 42.2 Å². The first kappa shape index (κ1) is 19.8. The minimum Gasteiger partial charge on any atom is -0.489 e. The summed E-state index contributed by atoms with van der Waals surface area (Å²) < 4.78 is 11.9. The second-order valence-corrected chi connectivity index (χ2v) is 7.12. The lowest BCUT2D eigenvalue weighted by atomic mass is 10.0. The summed E-state index contributed by atoms with van der Waals surface area (Å²) in [5.74, 6) is 0.785. The van der Waals surface area contributed by atoms with Crippen molar-refractivity contribution in [3.63, 3.8) is 0 Å². The molecule has 0 saturated heterocycles. The molecule has 0 aliphatic heterocycles. The maximum Gasteiger partial charge on any atom is 0.291 e. The Hall–Kier alpha value is -3.53. The molecule has 0 atom stereocenters. The number of carbonyl (C=O) groups excluding carboxylic acids is 1. The number of anilines is 1. The van der Waals surface area contributed by atoms with Gasteiger partial charge in [0.15, 0.2) is 5.76 Å². The third-order valence-corrected chi connectivity index (χ3v) is 5.27. The van der Waals surface area contributed by atoms with E-state index in [1.807, 2.05) is 72.8 Å². The zero-order valence-electron chi connectivity index (χ0n) is 17.3. The molecule has 3 aromatic carbocycles. The van der Waals surface area contributed by atoms with Crippen LogP contribution in [0.1, 0.15) is 41.1 Å². The largest absolute Gasteiger partial charge is 0.489 e. The second-order valence-electron chi connectivity index (χ2n) is 7.12. The van der Waals surface area contributed by atoms with Gasteiger partial charge in [-0.25, -0.2) is 0 Å². The summed E-state index contributed by atoms with van der Waals surface area (Å²) in [5, 5.41) is 4.00. The summed E-state index contributed by atoms with van der Waals surface area (Å²) in [5.41, 5.74) is 4.53. The van der Waals surface area contributed by atoms with Crippen LogP contribution < -0.4 is 10.1 Å². The lowest BCUT2D eigenvalue weighted by Gasteiger charge is -2.14. The van der Waals surface area contributed by atoms with Gasteiger partial charge in [-0.3, -0.25) is 4.79 Å². The van der Waals surface area contributed by atoms with Crippen molar-refractivity contribution in [2.75, 3.05) is 5.32 Å². The van der Waals surface area contributed by atoms with Gasteiger partial charge in [0.05, 0.1) is 0 Å². The smallest absolute Gasteiger partial charge is 0.291 e. The zero-order valence-corrected chi connectivity index (χ0v) is 17.3. The Morgan fingerprint density at radius 1 is 0.867 bits per heavy atom. The maximum atomic E-state index is 13.3. The number of hydrogen-bond acceptors (Lipinski definition) is 3. The van der Waals surface area contributed by atoms with Crippen molar-refractivity contribution in [1.82, 2.24) is 0 Å². The Bertz CT molecular complexity index is 1140. The van der Waals surface area contributed by atoms with Gasteiger partial charge in [0, 0.05) is 16.6 Å². The van der Waals surface area contributed by atoms with Gasteiger partial charge >= 0.3 is 0 Å². The van der Waals surface area contributed by atoms with Crippen LogP contribution in [0.4, 0.5) is 5.69 Å². The van der Waals surface area contributed by atoms with Crippen LogP contribution in [-0.2, 0) is 19.4 Å². The molecule has 1 N–H and O–H groups in total. The quantitative estimate of drug-likeness (QED) is 0.392. The Morgan fingerprint density at radius 3 is 2.23 bits per heavy atom. The van der Waals surface area contributed by atoms with Crippen LogP contribution in [0.25, 0.3) is 11.0 Å². The highest BCUT2D eigenvalue weighted by atomic mass is 16.5. The fourth-order valence-electron chi connectivity index (χ4n) is 3.67. The number of nitrogens with one attached hydrogen (secondary N) is 1. The maximum absolute atomic E-state index is 13.3. The first-order valence-electron chi connectivity index (χ1n) is 10.3. The first-order chi connectivity index (χ1) is 14.7. The lowest BCUT2D eigenvalue weighted by Crippen LogP contribution is -2.16. The third-order valence-electron chi connectivity index (χ3n) is 5.27. The predicted molar refractivity (Wildman–Crippen MR) is 120 cm³/mol. The number of benzene rings is 3. The van der Waals surface area contributed by atoms with E-state index in [1.54, 1.807) is 0 Å². The van der Waals surface area contributed by atoms with E-state index in [1.165, 1.54) is 0 Å². The first-order valence-corrected chi connectivity index (χ1v) is 10.3. The zero-order chi connectivity index (χ0) is 20.9. The number of carbonyl (C=O) groups is 1. The Labute approximate surface area is 176 Å². The molecule has 0 aliphatic carbocycles. The number of rotatable bonds is 7. The predicted octanol–water partition coefficient (Wildman–Crippen LogP) is 6.39. The van der Waals surface area contributed by atoms with Crippen molar-refractivity contribution in [2.24, 2.45) is 0 Å². The molecule has 4 nitrogen and oxygen atoms in total. The van der Waals surface area contributed by atoms with Crippen molar-refractivity contribution in [2.45, 2.75) is 33.3 Å². The average Bonchev–Trinajstić information content (AvgIpc) is 3.17. The number of hydrogen-bond donors (Lipinski definition) is 1. The molecular formula is C26H25NO3. The fraction of sp³-hybridized carbons (Fsp3) is 0.192. The van der Waals surface area contributed by atoms with Gasteiger partial charge in [-0.15, -0.1) is 0 Å². The summed E-state index contributed by atoms with van der Waals surface area (Å²) in [6, 6.07) is 23.4. The molecule has 4 rings (SSSR count). The summed E-state index contributed by atoms with van der Waals surface area (Å²) in [4.78, 5) is 13.3. The summed E-state index contributed by atoms with van der Waals surface area (Å²) in [6.07, 6.45) is 1.68. The summed E-state index contributed by atoms with van der Waals surface area (Å²) >= 11 is 0. The van der Waals surface area contributed by atoms with E-state index in [9.17, 15) is 4.79 Å². The van der Waals surface area contributed by atoms with Crippen LogP contribution in [-0.4, -0.2) is 5.91 Å². The van der Waals surface area contributed by atoms with Crippen molar-refractivity contribution in [3.8, 4) is 5.75 Å². The molecule has 1 aromatic heterocycles. The van der Waals surface area contributed by atoms with Crippen LogP contribution in [0.5, 0.6) is 5.75 Å². The molecule has 4 aromatic rings. The van der Waals surface area contributed by atoms with Crippen molar-refractivity contribution in [3.05, 3.63) is 95.2 Å². The van der Waals surface area contributed by atoms with Gasteiger partial charge in [0.2, 0.25) is 0 Å². The summed E-state index contributed by atoms with van der Waals surface area (Å²) in [7, 11) is 0. The monoisotopic (exact) mass is 399 g/mol. The van der Waals surface area contributed by atoms with Crippen molar-refractivity contribution >= 4 is 22.6 Å². The molecule has 1 heterocycles. The third kappa shape index (κ3) is 3.94. The Kier molecular flexibility index (Phi) is 5.84. The molecule has 0 spiro atoms. The topological polar surface area (TPSA) is 51.5 Å². The van der Waals surface area contributed by atoms with Gasteiger partial charge in [-0.1, -0.05) is 68.4 Å². The molecule has 0 fully saturated rings. The van der Waals surface area contributed by atoms with Crippen LogP contribution >= 0.6 is 0 Å². The number of amides is 1.